The lowest BCUT2D eigenvalue weighted by Crippen LogP contribution is -2.19. The zero-order chi connectivity index (χ0) is 19.6. The number of carbonyl (C=O) groups excluding carboxylic acids is 1. The number of nitrogens with one attached hydrogen (secondary N) is 1. The molecule has 0 bridgehead atoms. The Morgan fingerprint density at radius 3 is 2.48 bits per heavy atom. The van der Waals surface area contributed by atoms with E-state index in [1.807, 2.05) is 54.6 Å². The first-order valence-corrected chi connectivity index (χ1v) is 9.14. The van der Waals surface area contributed by atoms with Gasteiger partial charge in [0.05, 0.1) is 0 Å². The SMILES string of the molecule is O=C1N[C@@H](c2cccc(-c3ccccc3)c2)[C@H](c2nc(-c3ccncc3)no2)O1. The topological polar surface area (TPSA) is 90.1 Å². The highest BCUT2D eigenvalue weighted by atomic mass is 16.6. The molecule has 0 spiro atoms. The molecule has 142 valence electrons. The number of nitrogens with zero attached hydrogens (tertiary/aromatic N) is 3. The Hall–Kier alpha value is -4.00. The third-order valence-electron chi connectivity index (χ3n) is 4.79. The smallest absolute Gasteiger partial charge is 0.408 e. The average Bonchev–Trinajstić information content (AvgIpc) is 3.42. The maximum absolute atomic E-state index is 12.0. The van der Waals surface area contributed by atoms with Crippen LogP contribution in [0.1, 0.15) is 23.6 Å². The fourth-order valence-corrected chi connectivity index (χ4v) is 3.38. The van der Waals surface area contributed by atoms with Crippen molar-refractivity contribution < 1.29 is 14.1 Å². The normalized spacial score (nSPS) is 18.3. The number of amides is 1. The monoisotopic (exact) mass is 384 g/mol. The van der Waals surface area contributed by atoms with Gasteiger partial charge in [0.1, 0.15) is 6.04 Å². The largest absolute Gasteiger partial charge is 0.433 e. The van der Waals surface area contributed by atoms with Crippen molar-refractivity contribution in [2.45, 2.75) is 12.1 Å². The van der Waals surface area contributed by atoms with Crippen LogP contribution in [-0.4, -0.2) is 21.2 Å². The van der Waals surface area contributed by atoms with E-state index in [4.69, 9.17) is 9.26 Å². The lowest BCUT2D eigenvalue weighted by molar-refractivity contribution is 0.108. The molecule has 7 heteroatoms. The third-order valence-corrected chi connectivity index (χ3v) is 4.79. The van der Waals surface area contributed by atoms with E-state index in [1.165, 1.54) is 0 Å². The van der Waals surface area contributed by atoms with E-state index < -0.39 is 18.2 Å². The highest BCUT2D eigenvalue weighted by Gasteiger charge is 2.40. The summed E-state index contributed by atoms with van der Waals surface area (Å²) < 4.78 is 10.9. The molecule has 3 heterocycles. The lowest BCUT2D eigenvalue weighted by Gasteiger charge is -2.15. The van der Waals surface area contributed by atoms with E-state index in [0.717, 1.165) is 22.3 Å². The van der Waals surface area contributed by atoms with E-state index >= 15 is 0 Å². The molecule has 1 saturated heterocycles. The number of alkyl carbamates (subject to hydrolysis) is 1. The summed E-state index contributed by atoms with van der Waals surface area (Å²) in [4.78, 5) is 20.4. The predicted molar refractivity (Wildman–Crippen MR) is 105 cm³/mol. The second-order valence-corrected chi connectivity index (χ2v) is 6.63. The van der Waals surface area contributed by atoms with E-state index in [9.17, 15) is 4.79 Å². The van der Waals surface area contributed by atoms with Gasteiger partial charge in [0.15, 0.2) is 0 Å². The summed E-state index contributed by atoms with van der Waals surface area (Å²) in [6.07, 6.45) is 2.08. The van der Waals surface area contributed by atoms with E-state index in [1.54, 1.807) is 24.5 Å². The van der Waals surface area contributed by atoms with Crippen LogP contribution in [0.25, 0.3) is 22.5 Å². The van der Waals surface area contributed by atoms with Crippen molar-refractivity contribution in [2.24, 2.45) is 0 Å². The van der Waals surface area contributed by atoms with Gasteiger partial charge in [-0.1, -0.05) is 53.7 Å². The first-order valence-electron chi connectivity index (χ1n) is 9.14. The molecule has 0 saturated carbocycles. The zero-order valence-electron chi connectivity index (χ0n) is 15.2. The summed E-state index contributed by atoms with van der Waals surface area (Å²) in [5, 5.41) is 6.86. The Morgan fingerprint density at radius 2 is 1.66 bits per heavy atom. The van der Waals surface area contributed by atoms with Gasteiger partial charge in [-0.15, -0.1) is 0 Å². The van der Waals surface area contributed by atoms with Gasteiger partial charge in [0.2, 0.25) is 11.9 Å². The molecule has 7 nitrogen and oxygen atoms in total. The minimum absolute atomic E-state index is 0.241. The Morgan fingerprint density at radius 1 is 0.862 bits per heavy atom. The van der Waals surface area contributed by atoms with Gasteiger partial charge in [0.25, 0.3) is 5.89 Å². The van der Waals surface area contributed by atoms with Crippen molar-refractivity contribution in [3.05, 3.63) is 90.6 Å². The average molecular weight is 384 g/mol. The van der Waals surface area contributed by atoms with E-state index in [0.29, 0.717) is 5.82 Å². The van der Waals surface area contributed by atoms with Crippen LogP contribution in [-0.2, 0) is 4.74 Å². The molecule has 1 aliphatic heterocycles. The van der Waals surface area contributed by atoms with Crippen molar-refractivity contribution in [3.63, 3.8) is 0 Å². The molecule has 1 amide bonds. The summed E-state index contributed by atoms with van der Waals surface area (Å²) in [6, 6.07) is 21.1. The molecule has 29 heavy (non-hydrogen) atoms. The number of ether oxygens (including phenoxy) is 1. The van der Waals surface area contributed by atoms with Gasteiger partial charge in [-0.3, -0.25) is 4.98 Å². The molecule has 0 radical (unpaired) electrons. The van der Waals surface area contributed by atoms with Crippen LogP contribution in [0, 0.1) is 0 Å². The first-order chi connectivity index (χ1) is 14.3. The molecule has 2 atom stereocenters. The van der Waals surface area contributed by atoms with Crippen molar-refractivity contribution in [2.75, 3.05) is 0 Å². The number of pyridine rings is 1. The number of benzene rings is 2. The number of aromatic nitrogens is 3. The molecular weight excluding hydrogens is 368 g/mol. The minimum atomic E-state index is -0.711. The van der Waals surface area contributed by atoms with Crippen LogP contribution in [0.15, 0.2) is 83.6 Å². The maximum atomic E-state index is 12.0. The zero-order valence-corrected chi connectivity index (χ0v) is 15.2. The molecule has 1 aliphatic rings. The van der Waals surface area contributed by atoms with Crippen LogP contribution in [0.4, 0.5) is 4.79 Å². The summed E-state index contributed by atoms with van der Waals surface area (Å²) in [6.45, 7) is 0. The standard InChI is InChI=1S/C22H16N4O3/c27-22-24-18(17-8-4-7-16(13-17)14-5-2-1-3-6-14)19(28-22)21-25-20(26-29-21)15-9-11-23-12-10-15/h1-13,18-19H,(H,24,27)/t18-,19+/m0/s1. The van der Waals surface area contributed by atoms with Crippen molar-refractivity contribution in [3.8, 4) is 22.5 Å². The fourth-order valence-electron chi connectivity index (χ4n) is 3.38. The van der Waals surface area contributed by atoms with Gasteiger partial charge < -0.3 is 14.6 Å². The van der Waals surface area contributed by atoms with Gasteiger partial charge in [-0.05, 0) is 34.9 Å². The molecule has 2 aromatic carbocycles. The molecule has 1 fully saturated rings. The Kier molecular flexibility index (Phi) is 4.25. The van der Waals surface area contributed by atoms with Crippen LogP contribution in [0.3, 0.4) is 0 Å². The van der Waals surface area contributed by atoms with Gasteiger partial charge >= 0.3 is 6.09 Å². The van der Waals surface area contributed by atoms with Crippen LogP contribution in [0.5, 0.6) is 0 Å². The molecule has 0 unspecified atom stereocenters. The van der Waals surface area contributed by atoms with Crippen LogP contribution < -0.4 is 5.32 Å². The molecule has 5 rings (SSSR count). The second kappa shape index (κ2) is 7.20. The summed E-state index contributed by atoms with van der Waals surface area (Å²) in [7, 11) is 0. The Bertz CT molecular complexity index is 1140. The number of hydrogen-bond donors (Lipinski definition) is 1. The Balaban J connectivity index is 1.48. The summed E-state index contributed by atoms with van der Waals surface area (Å²) in [5.41, 5.74) is 3.81. The number of hydrogen-bond acceptors (Lipinski definition) is 6. The second-order valence-electron chi connectivity index (χ2n) is 6.63. The predicted octanol–water partition coefficient (Wildman–Crippen LogP) is 4.32. The molecule has 2 aromatic heterocycles. The van der Waals surface area contributed by atoms with Crippen LogP contribution in [0.2, 0.25) is 0 Å². The van der Waals surface area contributed by atoms with Crippen LogP contribution >= 0.6 is 0 Å². The third kappa shape index (κ3) is 3.34. The number of rotatable bonds is 4. The highest BCUT2D eigenvalue weighted by Crippen LogP contribution is 2.37. The lowest BCUT2D eigenvalue weighted by atomic mass is 9.97. The fraction of sp³-hybridized carbons (Fsp3) is 0.0909. The van der Waals surface area contributed by atoms with E-state index in [-0.39, 0.29) is 5.89 Å². The minimum Gasteiger partial charge on any atom is -0.433 e. The first kappa shape index (κ1) is 17.1. The van der Waals surface area contributed by atoms with Crippen molar-refractivity contribution in [1.82, 2.24) is 20.4 Å². The highest BCUT2D eigenvalue weighted by molar-refractivity contribution is 5.71. The quantitative estimate of drug-likeness (QED) is 0.563. The van der Waals surface area contributed by atoms with Gasteiger partial charge in [-0.2, -0.15) is 4.98 Å². The van der Waals surface area contributed by atoms with Gasteiger partial charge in [0, 0.05) is 18.0 Å². The molecule has 0 aliphatic carbocycles. The van der Waals surface area contributed by atoms with Crippen molar-refractivity contribution >= 4 is 6.09 Å². The summed E-state index contributed by atoms with van der Waals surface area (Å²) >= 11 is 0. The molecular formula is C22H16N4O3. The summed E-state index contributed by atoms with van der Waals surface area (Å²) in [5.74, 6) is 0.660. The van der Waals surface area contributed by atoms with Crippen molar-refractivity contribution in [1.29, 1.82) is 0 Å². The van der Waals surface area contributed by atoms with Gasteiger partial charge in [-0.25, -0.2) is 4.79 Å². The number of carbonyl (C=O) groups is 1. The van der Waals surface area contributed by atoms with E-state index in [2.05, 4.69) is 20.4 Å². The maximum Gasteiger partial charge on any atom is 0.408 e. The molecule has 4 aromatic rings. The molecule has 1 N–H and O–H groups in total. The Labute approximate surface area is 166 Å². The number of cyclic esters (lactones) is 1.